The summed E-state index contributed by atoms with van der Waals surface area (Å²) in [5, 5.41) is 15.3. The molecular weight excluding hydrogens is 384 g/mol. The van der Waals surface area contributed by atoms with Gasteiger partial charge in [0.05, 0.1) is 24.0 Å². The minimum Gasteiger partial charge on any atom is -0.338 e. The van der Waals surface area contributed by atoms with Crippen LogP contribution < -0.4 is 0 Å². The Morgan fingerprint density at radius 2 is 1.77 bits per heavy atom. The van der Waals surface area contributed by atoms with Gasteiger partial charge in [-0.3, -0.25) is 14.3 Å². The summed E-state index contributed by atoms with van der Waals surface area (Å²) in [6.45, 7) is 4.74. The van der Waals surface area contributed by atoms with E-state index in [1.54, 1.807) is 16.0 Å². The molecule has 0 N–H and O–H groups in total. The maximum atomic E-state index is 13.1. The second-order valence-corrected chi connectivity index (χ2v) is 7.18. The predicted octanol–water partition coefficient (Wildman–Crippen LogP) is 0.465. The van der Waals surface area contributed by atoms with Crippen LogP contribution in [0.5, 0.6) is 0 Å². The molecule has 0 saturated carbocycles. The lowest BCUT2D eigenvalue weighted by atomic mass is 10.1. The third-order valence-corrected chi connectivity index (χ3v) is 5.30. The summed E-state index contributed by atoms with van der Waals surface area (Å²) in [5.41, 5.74) is 2.71. The molecule has 1 saturated heterocycles. The molecule has 0 atom stereocenters. The number of piperazine rings is 1. The first-order valence-corrected chi connectivity index (χ1v) is 10.0. The van der Waals surface area contributed by atoms with E-state index >= 15 is 0 Å². The quantitative estimate of drug-likeness (QED) is 0.587. The Kier molecular flexibility index (Phi) is 5.82. The largest absolute Gasteiger partial charge is 0.338 e. The van der Waals surface area contributed by atoms with E-state index in [0.717, 1.165) is 17.7 Å². The highest BCUT2D eigenvalue weighted by Crippen LogP contribution is 2.16. The number of rotatable bonds is 6. The summed E-state index contributed by atoms with van der Waals surface area (Å²) in [6, 6.07) is 10.1. The van der Waals surface area contributed by atoms with E-state index in [4.69, 9.17) is 0 Å². The number of carbonyl (C=O) groups excluding carboxylic acids is 2. The van der Waals surface area contributed by atoms with Crippen LogP contribution in [-0.2, 0) is 24.3 Å². The van der Waals surface area contributed by atoms with Gasteiger partial charge in [0.15, 0.2) is 0 Å². The number of aromatic nitrogens is 6. The Bertz CT molecular complexity index is 991. The van der Waals surface area contributed by atoms with Crippen molar-refractivity contribution in [1.29, 1.82) is 0 Å². The number of hydrogen-bond donors (Lipinski definition) is 0. The van der Waals surface area contributed by atoms with Gasteiger partial charge < -0.3 is 9.80 Å². The van der Waals surface area contributed by atoms with Gasteiger partial charge in [0, 0.05) is 26.2 Å². The second kappa shape index (κ2) is 8.85. The van der Waals surface area contributed by atoms with Gasteiger partial charge in [-0.15, -0.1) is 5.10 Å². The van der Waals surface area contributed by atoms with E-state index < -0.39 is 0 Å². The Balaban J connectivity index is 1.39. The molecule has 3 heterocycles. The van der Waals surface area contributed by atoms with Crippen LogP contribution in [-0.4, -0.2) is 77.8 Å². The van der Waals surface area contributed by atoms with E-state index in [1.807, 2.05) is 41.9 Å². The lowest BCUT2D eigenvalue weighted by molar-refractivity contribution is -0.133. The van der Waals surface area contributed by atoms with Gasteiger partial charge in [0.25, 0.3) is 5.91 Å². The number of hydrogen-bond acceptors (Lipinski definition) is 6. The van der Waals surface area contributed by atoms with E-state index in [-0.39, 0.29) is 18.4 Å². The van der Waals surface area contributed by atoms with Crippen LogP contribution >= 0.6 is 0 Å². The molecule has 3 aromatic rings. The van der Waals surface area contributed by atoms with Crippen molar-refractivity contribution in [1.82, 2.24) is 39.8 Å². The summed E-state index contributed by atoms with van der Waals surface area (Å²) in [6.07, 6.45) is 3.80. The summed E-state index contributed by atoms with van der Waals surface area (Å²) in [7, 11) is 0. The summed E-state index contributed by atoms with van der Waals surface area (Å²) >= 11 is 0. The smallest absolute Gasteiger partial charge is 0.257 e. The van der Waals surface area contributed by atoms with Crippen LogP contribution in [0.1, 0.15) is 28.5 Å². The first-order valence-electron chi connectivity index (χ1n) is 10.0. The molecule has 30 heavy (non-hydrogen) atoms. The number of carbonyl (C=O) groups is 2. The Morgan fingerprint density at radius 1 is 1.03 bits per heavy atom. The molecule has 1 aliphatic heterocycles. The Morgan fingerprint density at radius 3 is 2.43 bits per heavy atom. The van der Waals surface area contributed by atoms with Crippen molar-refractivity contribution in [2.45, 2.75) is 26.4 Å². The highest BCUT2D eigenvalue weighted by molar-refractivity contribution is 5.95. The lowest BCUT2D eigenvalue weighted by Crippen LogP contribution is -2.51. The van der Waals surface area contributed by atoms with Gasteiger partial charge in [0.2, 0.25) is 5.91 Å². The molecule has 2 aromatic heterocycles. The van der Waals surface area contributed by atoms with Crippen molar-refractivity contribution in [2.24, 2.45) is 0 Å². The molecule has 0 aliphatic carbocycles. The van der Waals surface area contributed by atoms with Crippen LogP contribution in [0.3, 0.4) is 0 Å². The SMILES string of the molecule is CCc1c(C(=O)N2CCN(C(=O)Cn3cnnn3)CC2)cnn1Cc1ccccc1. The minimum absolute atomic E-state index is 0.0289. The standard InChI is InChI=1S/C20H24N8O2/c1-2-18-17(12-22-28(18)13-16-6-4-3-5-7-16)20(30)26-10-8-25(9-11-26)19(29)14-27-15-21-23-24-27/h3-7,12,15H,2,8-11,13-14H2,1H3. The zero-order valence-electron chi connectivity index (χ0n) is 16.9. The molecule has 0 bridgehead atoms. The van der Waals surface area contributed by atoms with Crippen molar-refractivity contribution in [2.75, 3.05) is 26.2 Å². The monoisotopic (exact) mass is 408 g/mol. The predicted molar refractivity (Wildman–Crippen MR) is 107 cm³/mol. The number of amides is 2. The van der Waals surface area contributed by atoms with Crippen molar-refractivity contribution in [3.63, 3.8) is 0 Å². The molecule has 10 nitrogen and oxygen atoms in total. The Hall–Kier alpha value is -3.56. The van der Waals surface area contributed by atoms with Gasteiger partial charge in [-0.2, -0.15) is 5.10 Å². The molecule has 1 aliphatic rings. The molecule has 2 amide bonds. The van der Waals surface area contributed by atoms with Crippen LogP contribution in [0.25, 0.3) is 0 Å². The van der Waals surface area contributed by atoms with Crippen molar-refractivity contribution in [3.05, 3.63) is 59.7 Å². The lowest BCUT2D eigenvalue weighted by Gasteiger charge is -2.34. The fourth-order valence-corrected chi connectivity index (χ4v) is 3.68. The first-order chi connectivity index (χ1) is 14.7. The maximum absolute atomic E-state index is 13.1. The third kappa shape index (κ3) is 4.22. The Labute approximate surface area is 174 Å². The fraction of sp³-hybridized carbons (Fsp3) is 0.400. The van der Waals surface area contributed by atoms with Gasteiger partial charge in [0.1, 0.15) is 12.9 Å². The van der Waals surface area contributed by atoms with Crippen molar-refractivity contribution >= 4 is 11.8 Å². The summed E-state index contributed by atoms with van der Waals surface area (Å²) in [4.78, 5) is 29.0. The molecule has 1 aromatic carbocycles. The molecule has 4 rings (SSSR count). The highest BCUT2D eigenvalue weighted by atomic mass is 16.2. The molecule has 156 valence electrons. The molecule has 0 spiro atoms. The van der Waals surface area contributed by atoms with E-state index in [1.165, 1.54) is 11.0 Å². The molecule has 0 unspecified atom stereocenters. The molecule has 1 fully saturated rings. The number of tetrazole rings is 1. The number of nitrogens with zero attached hydrogens (tertiary/aromatic N) is 8. The summed E-state index contributed by atoms with van der Waals surface area (Å²) < 4.78 is 3.29. The van der Waals surface area contributed by atoms with Gasteiger partial charge >= 0.3 is 0 Å². The normalized spacial score (nSPS) is 14.2. The van der Waals surface area contributed by atoms with Crippen LogP contribution in [0.4, 0.5) is 0 Å². The third-order valence-electron chi connectivity index (χ3n) is 5.30. The second-order valence-electron chi connectivity index (χ2n) is 7.18. The maximum Gasteiger partial charge on any atom is 0.257 e. The zero-order chi connectivity index (χ0) is 20.9. The molecule has 0 radical (unpaired) electrons. The first kappa shape index (κ1) is 19.7. The van der Waals surface area contributed by atoms with Gasteiger partial charge in [-0.25, -0.2) is 4.68 Å². The minimum atomic E-state index is -0.0562. The van der Waals surface area contributed by atoms with E-state index in [0.29, 0.717) is 38.3 Å². The molecule has 10 heteroatoms. The van der Waals surface area contributed by atoms with Crippen LogP contribution in [0.2, 0.25) is 0 Å². The zero-order valence-corrected chi connectivity index (χ0v) is 16.9. The average molecular weight is 408 g/mol. The summed E-state index contributed by atoms with van der Waals surface area (Å²) in [5.74, 6) is -0.0851. The number of benzene rings is 1. The van der Waals surface area contributed by atoms with Crippen LogP contribution in [0, 0.1) is 0 Å². The molecular formula is C20H24N8O2. The van der Waals surface area contributed by atoms with E-state index in [2.05, 4.69) is 20.6 Å². The van der Waals surface area contributed by atoms with E-state index in [9.17, 15) is 9.59 Å². The average Bonchev–Trinajstić information content (AvgIpc) is 3.43. The van der Waals surface area contributed by atoms with Crippen LogP contribution in [0.15, 0.2) is 42.9 Å². The van der Waals surface area contributed by atoms with Gasteiger partial charge in [-0.1, -0.05) is 37.3 Å². The van der Waals surface area contributed by atoms with Gasteiger partial charge in [-0.05, 0) is 22.4 Å². The highest BCUT2D eigenvalue weighted by Gasteiger charge is 2.27. The van der Waals surface area contributed by atoms with Crippen molar-refractivity contribution < 1.29 is 9.59 Å². The fourth-order valence-electron chi connectivity index (χ4n) is 3.68. The topological polar surface area (TPSA) is 102 Å². The van der Waals surface area contributed by atoms with Crippen molar-refractivity contribution in [3.8, 4) is 0 Å².